The summed E-state index contributed by atoms with van der Waals surface area (Å²) in [6.45, 7) is 0.663. The first-order valence-electron chi connectivity index (χ1n) is 7.16. The van der Waals surface area contributed by atoms with Gasteiger partial charge in [0.25, 0.3) is 6.43 Å². The third kappa shape index (κ3) is 2.98. The van der Waals surface area contributed by atoms with Gasteiger partial charge in [-0.15, -0.1) is 0 Å². The number of hydrogen-bond donors (Lipinski definition) is 1. The minimum absolute atomic E-state index is 0.158. The number of nitrogens with one attached hydrogen (secondary N) is 1. The fourth-order valence-corrected chi connectivity index (χ4v) is 3.29. The molecule has 1 saturated heterocycles. The quantitative estimate of drug-likeness (QED) is 0.810. The molecule has 3 rings (SSSR count). The average molecular weight is 287 g/mol. The normalized spacial score (nSPS) is 29.2. The summed E-state index contributed by atoms with van der Waals surface area (Å²) in [7, 11) is 0. The summed E-state index contributed by atoms with van der Waals surface area (Å²) >= 11 is 0. The zero-order valence-electron chi connectivity index (χ0n) is 11.2. The lowest BCUT2D eigenvalue weighted by Gasteiger charge is -2.13. The van der Waals surface area contributed by atoms with Crippen molar-refractivity contribution < 1.29 is 18.0 Å². The van der Waals surface area contributed by atoms with E-state index in [9.17, 15) is 8.78 Å². The summed E-state index contributed by atoms with van der Waals surface area (Å²) < 4.78 is 33.9. The summed E-state index contributed by atoms with van der Waals surface area (Å²) in [4.78, 5) is 4.36. The Bertz CT molecular complexity index is 441. The predicted molar refractivity (Wildman–Crippen MR) is 66.4 cm³/mol. The van der Waals surface area contributed by atoms with E-state index in [0.29, 0.717) is 24.1 Å². The van der Waals surface area contributed by atoms with Crippen molar-refractivity contribution in [1.82, 2.24) is 15.5 Å². The first kappa shape index (κ1) is 13.9. The lowest BCUT2D eigenvalue weighted by Crippen LogP contribution is -2.18. The van der Waals surface area contributed by atoms with Crippen molar-refractivity contribution in [1.29, 1.82) is 0 Å². The molecule has 2 heterocycles. The first-order chi connectivity index (χ1) is 9.74. The average Bonchev–Trinajstić information content (AvgIpc) is 3.09. The minimum Gasteiger partial charge on any atom is -0.375 e. The van der Waals surface area contributed by atoms with Crippen LogP contribution in [-0.4, -0.2) is 36.3 Å². The van der Waals surface area contributed by atoms with E-state index < -0.39 is 13.0 Å². The van der Waals surface area contributed by atoms with Gasteiger partial charge in [-0.3, -0.25) is 0 Å². The van der Waals surface area contributed by atoms with Crippen LogP contribution >= 0.6 is 0 Å². The third-order valence-corrected chi connectivity index (χ3v) is 4.21. The third-order valence-electron chi connectivity index (χ3n) is 4.21. The Morgan fingerprint density at radius 2 is 2.30 bits per heavy atom. The van der Waals surface area contributed by atoms with E-state index in [1.54, 1.807) is 0 Å². The SMILES string of the molecule is FC(F)COCCc1noc(C2NCC3CCCC32)n1. The van der Waals surface area contributed by atoms with Crippen LogP contribution in [0, 0.1) is 11.8 Å². The minimum atomic E-state index is -2.43. The molecule has 3 unspecified atom stereocenters. The highest BCUT2D eigenvalue weighted by Crippen LogP contribution is 2.43. The molecule has 1 saturated carbocycles. The van der Waals surface area contributed by atoms with Crippen molar-refractivity contribution in [2.24, 2.45) is 11.8 Å². The van der Waals surface area contributed by atoms with E-state index in [1.807, 2.05) is 0 Å². The fraction of sp³-hybridized carbons (Fsp3) is 0.846. The zero-order chi connectivity index (χ0) is 13.9. The van der Waals surface area contributed by atoms with Gasteiger partial charge in [0.05, 0.1) is 12.6 Å². The first-order valence-corrected chi connectivity index (χ1v) is 7.16. The number of ether oxygens (including phenoxy) is 1. The molecule has 7 heteroatoms. The van der Waals surface area contributed by atoms with Crippen LogP contribution in [0.3, 0.4) is 0 Å². The van der Waals surface area contributed by atoms with Gasteiger partial charge in [-0.1, -0.05) is 11.6 Å². The van der Waals surface area contributed by atoms with Gasteiger partial charge in [-0.2, -0.15) is 4.98 Å². The highest BCUT2D eigenvalue weighted by Gasteiger charge is 2.42. The molecule has 1 N–H and O–H groups in total. The lowest BCUT2D eigenvalue weighted by atomic mass is 9.94. The smallest absolute Gasteiger partial charge is 0.261 e. The van der Waals surface area contributed by atoms with Crippen LogP contribution < -0.4 is 5.32 Å². The van der Waals surface area contributed by atoms with Crippen LogP contribution in [-0.2, 0) is 11.2 Å². The number of halogens is 2. The van der Waals surface area contributed by atoms with Crippen LogP contribution in [0.2, 0.25) is 0 Å². The fourth-order valence-electron chi connectivity index (χ4n) is 3.29. The van der Waals surface area contributed by atoms with Crippen molar-refractivity contribution >= 4 is 0 Å². The molecule has 0 bridgehead atoms. The highest BCUT2D eigenvalue weighted by atomic mass is 19.3. The van der Waals surface area contributed by atoms with Crippen LogP contribution in [0.5, 0.6) is 0 Å². The van der Waals surface area contributed by atoms with E-state index in [0.717, 1.165) is 12.5 Å². The van der Waals surface area contributed by atoms with Gasteiger partial charge >= 0.3 is 0 Å². The molecule has 0 spiro atoms. The Morgan fingerprint density at radius 3 is 3.15 bits per heavy atom. The second kappa shape index (κ2) is 6.13. The van der Waals surface area contributed by atoms with E-state index in [1.165, 1.54) is 19.3 Å². The summed E-state index contributed by atoms with van der Waals surface area (Å²) in [6.07, 6.45) is 1.72. The second-order valence-electron chi connectivity index (χ2n) is 5.51. The van der Waals surface area contributed by atoms with Crippen LogP contribution in [0.25, 0.3) is 0 Å². The zero-order valence-corrected chi connectivity index (χ0v) is 11.2. The van der Waals surface area contributed by atoms with Gasteiger partial charge in [0.2, 0.25) is 5.89 Å². The van der Waals surface area contributed by atoms with Gasteiger partial charge in [0.1, 0.15) is 6.61 Å². The monoisotopic (exact) mass is 287 g/mol. The second-order valence-corrected chi connectivity index (χ2v) is 5.51. The maximum atomic E-state index is 11.9. The number of nitrogens with zero attached hydrogens (tertiary/aromatic N) is 2. The molecule has 2 aliphatic rings. The predicted octanol–water partition coefficient (Wildman–Crippen LogP) is 1.95. The molecule has 3 atom stereocenters. The van der Waals surface area contributed by atoms with Gasteiger partial charge in [-0.25, -0.2) is 8.78 Å². The van der Waals surface area contributed by atoms with E-state index in [-0.39, 0.29) is 12.6 Å². The van der Waals surface area contributed by atoms with Gasteiger partial charge in [-0.05, 0) is 31.2 Å². The number of fused-ring (bicyclic) bond motifs is 1. The largest absolute Gasteiger partial charge is 0.375 e. The number of alkyl halides is 2. The van der Waals surface area contributed by atoms with Gasteiger partial charge < -0.3 is 14.6 Å². The van der Waals surface area contributed by atoms with Crippen molar-refractivity contribution in [2.75, 3.05) is 19.8 Å². The molecule has 2 fully saturated rings. The summed E-state index contributed by atoms with van der Waals surface area (Å²) in [5.74, 6) is 2.48. The van der Waals surface area contributed by atoms with Gasteiger partial charge in [0.15, 0.2) is 5.82 Å². The maximum Gasteiger partial charge on any atom is 0.261 e. The van der Waals surface area contributed by atoms with Crippen molar-refractivity contribution in [3.63, 3.8) is 0 Å². The van der Waals surface area contributed by atoms with Crippen molar-refractivity contribution in [2.45, 2.75) is 38.2 Å². The highest BCUT2D eigenvalue weighted by molar-refractivity contribution is 5.03. The summed E-state index contributed by atoms with van der Waals surface area (Å²) in [6, 6.07) is 0.158. The molecule has 1 aromatic rings. The van der Waals surface area contributed by atoms with Crippen molar-refractivity contribution in [3.8, 4) is 0 Å². The molecule has 0 amide bonds. The molecule has 1 aromatic heterocycles. The molecule has 20 heavy (non-hydrogen) atoms. The molecule has 112 valence electrons. The molecular formula is C13H19F2N3O2. The molecule has 0 radical (unpaired) electrons. The molecule has 0 aromatic carbocycles. The standard InChI is InChI=1S/C13H19F2N3O2/c14-10(15)7-19-5-4-11-17-13(20-18-11)12-9-3-1-2-8(9)6-16-12/h8-10,12,16H,1-7H2. The van der Waals surface area contributed by atoms with Crippen LogP contribution in [0.4, 0.5) is 8.78 Å². The maximum absolute atomic E-state index is 11.9. The molecule has 1 aliphatic carbocycles. The van der Waals surface area contributed by atoms with E-state index >= 15 is 0 Å². The molecule has 5 nitrogen and oxygen atoms in total. The Labute approximate surface area is 116 Å². The Morgan fingerprint density at radius 1 is 1.40 bits per heavy atom. The Balaban J connectivity index is 1.52. The lowest BCUT2D eigenvalue weighted by molar-refractivity contribution is 0.0182. The number of rotatable bonds is 6. The van der Waals surface area contributed by atoms with Crippen LogP contribution in [0.1, 0.15) is 37.0 Å². The molecular weight excluding hydrogens is 268 g/mol. The summed E-state index contributed by atoms with van der Waals surface area (Å²) in [5, 5.41) is 7.34. The Kier molecular flexibility index (Phi) is 4.26. The summed E-state index contributed by atoms with van der Waals surface area (Å²) in [5.41, 5.74) is 0. The van der Waals surface area contributed by atoms with Crippen LogP contribution in [0.15, 0.2) is 4.52 Å². The number of hydrogen-bond acceptors (Lipinski definition) is 5. The van der Waals surface area contributed by atoms with E-state index in [4.69, 9.17) is 9.26 Å². The topological polar surface area (TPSA) is 60.2 Å². The van der Waals surface area contributed by atoms with E-state index in [2.05, 4.69) is 15.5 Å². The van der Waals surface area contributed by atoms with Gasteiger partial charge in [0, 0.05) is 6.42 Å². The molecule has 1 aliphatic heterocycles. The number of aromatic nitrogens is 2. The van der Waals surface area contributed by atoms with Crippen molar-refractivity contribution in [3.05, 3.63) is 11.7 Å². The Hall–Kier alpha value is -1.08.